The molecule has 2 aromatic heterocycles. The summed E-state index contributed by atoms with van der Waals surface area (Å²) in [4.78, 5) is 19.3. The fourth-order valence-corrected chi connectivity index (χ4v) is 5.20. The molecule has 0 saturated carbocycles. The van der Waals surface area contributed by atoms with Crippen molar-refractivity contribution in [2.24, 2.45) is 0 Å². The molecule has 42 heavy (non-hydrogen) atoms. The van der Waals surface area contributed by atoms with Crippen LogP contribution in [-0.2, 0) is 0 Å². The van der Waals surface area contributed by atoms with E-state index in [2.05, 4.69) is 96.5 Å². The predicted molar refractivity (Wildman–Crippen MR) is 174 cm³/mol. The lowest BCUT2D eigenvalue weighted by Crippen LogP contribution is -2.00. The van der Waals surface area contributed by atoms with Gasteiger partial charge in [0.2, 0.25) is 0 Å². The molecular formula is C38H26N4. The van der Waals surface area contributed by atoms with Crippen molar-refractivity contribution >= 4 is 39.9 Å². The van der Waals surface area contributed by atoms with Crippen molar-refractivity contribution < 1.29 is 0 Å². The Morgan fingerprint density at radius 3 is 2.00 bits per heavy atom. The number of benzene rings is 5. The highest BCUT2D eigenvalue weighted by molar-refractivity contribution is 5.93. The van der Waals surface area contributed by atoms with Crippen molar-refractivity contribution in [3.8, 4) is 33.9 Å². The lowest BCUT2D eigenvalue weighted by atomic mass is 10.0. The van der Waals surface area contributed by atoms with E-state index in [1.807, 2.05) is 60.8 Å². The quantitative estimate of drug-likeness (QED) is 0.212. The third kappa shape index (κ3) is 4.98. The predicted octanol–water partition coefficient (Wildman–Crippen LogP) is 9.39. The van der Waals surface area contributed by atoms with Gasteiger partial charge in [0.15, 0.2) is 17.5 Å². The maximum atomic E-state index is 4.94. The monoisotopic (exact) mass is 538 g/mol. The van der Waals surface area contributed by atoms with Crippen LogP contribution in [0.5, 0.6) is 0 Å². The van der Waals surface area contributed by atoms with Gasteiger partial charge in [0.05, 0.1) is 5.52 Å². The van der Waals surface area contributed by atoms with Crippen LogP contribution in [0.2, 0.25) is 0 Å². The summed E-state index contributed by atoms with van der Waals surface area (Å²) in [5.41, 5.74) is 7.13. The zero-order valence-corrected chi connectivity index (χ0v) is 22.9. The summed E-state index contributed by atoms with van der Waals surface area (Å²) in [7, 11) is 0. The smallest absolute Gasteiger partial charge is 0.164 e. The molecule has 0 radical (unpaired) electrons. The van der Waals surface area contributed by atoms with Crippen molar-refractivity contribution in [3.05, 3.63) is 151 Å². The minimum Gasteiger partial charge on any atom is -0.256 e. The van der Waals surface area contributed by atoms with Crippen molar-refractivity contribution in [2.45, 2.75) is 0 Å². The summed E-state index contributed by atoms with van der Waals surface area (Å²) in [6, 6.07) is 41.4. The fourth-order valence-electron chi connectivity index (χ4n) is 5.20. The van der Waals surface area contributed by atoms with Crippen molar-refractivity contribution in [1.82, 2.24) is 19.9 Å². The summed E-state index contributed by atoms with van der Waals surface area (Å²) in [5.74, 6) is 1.83. The molecule has 7 rings (SSSR count). The molecule has 0 N–H and O–H groups in total. The van der Waals surface area contributed by atoms with Crippen LogP contribution in [-0.4, -0.2) is 19.9 Å². The zero-order chi connectivity index (χ0) is 28.3. The molecule has 0 unspecified atom stereocenters. The Kier molecular flexibility index (Phi) is 6.63. The van der Waals surface area contributed by atoms with Gasteiger partial charge in [-0.1, -0.05) is 128 Å². The van der Waals surface area contributed by atoms with E-state index in [-0.39, 0.29) is 0 Å². The number of nitrogens with zero attached hydrogens (tertiary/aromatic N) is 4. The fraction of sp³-hybridized carbons (Fsp3) is 0. The molecule has 0 aliphatic heterocycles. The molecule has 0 amide bonds. The van der Waals surface area contributed by atoms with Gasteiger partial charge in [-0.25, -0.2) is 15.0 Å². The number of para-hydroxylation sites is 1. The Bertz CT molecular complexity index is 2100. The molecule has 7 aromatic rings. The maximum Gasteiger partial charge on any atom is 0.164 e. The molecule has 4 nitrogen and oxygen atoms in total. The first-order chi connectivity index (χ1) is 20.7. The molecule has 198 valence electrons. The summed E-state index contributed by atoms with van der Waals surface area (Å²) < 4.78 is 0. The Balaban J connectivity index is 1.32. The summed E-state index contributed by atoms with van der Waals surface area (Å²) >= 11 is 0. The van der Waals surface area contributed by atoms with Crippen LogP contribution in [0.15, 0.2) is 134 Å². The molecule has 0 fully saturated rings. The number of pyridine rings is 1. The number of hydrogen-bond acceptors (Lipinski definition) is 4. The molecule has 0 atom stereocenters. The van der Waals surface area contributed by atoms with E-state index in [0.717, 1.165) is 49.7 Å². The first-order valence-electron chi connectivity index (χ1n) is 13.8. The molecule has 2 heterocycles. The van der Waals surface area contributed by atoms with Gasteiger partial charge in [-0.3, -0.25) is 4.98 Å². The normalized spacial score (nSPS) is 11.3. The summed E-state index contributed by atoms with van der Waals surface area (Å²) in [6.45, 7) is 3.95. The average molecular weight is 539 g/mol. The van der Waals surface area contributed by atoms with E-state index in [0.29, 0.717) is 17.5 Å². The van der Waals surface area contributed by atoms with Gasteiger partial charge in [0.1, 0.15) is 0 Å². The molecular weight excluding hydrogens is 512 g/mol. The van der Waals surface area contributed by atoms with E-state index in [4.69, 9.17) is 15.0 Å². The second kappa shape index (κ2) is 11.0. The Hall–Kier alpha value is -5.74. The van der Waals surface area contributed by atoms with Crippen LogP contribution in [0.3, 0.4) is 0 Å². The van der Waals surface area contributed by atoms with Crippen molar-refractivity contribution in [2.75, 3.05) is 0 Å². The van der Waals surface area contributed by atoms with Crippen LogP contribution in [0.1, 0.15) is 17.0 Å². The Morgan fingerprint density at radius 1 is 0.500 bits per heavy atom. The van der Waals surface area contributed by atoms with Gasteiger partial charge >= 0.3 is 0 Å². The standard InChI is InChI=1S/C38H26N4/c1-2-26-9-3-4-10-27(26)22-23-35-40-37(42-38(41-35)33-21-16-28-11-5-6-12-32(28)25-33)31-19-17-29(18-20-31)34-15-7-13-30-14-8-24-39-36(30)34/h2-25H,1H2/b23-22+. The Labute approximate surface area is 244 Å². The van der Waals surface area contributed by atoms with Crippen LogP contribution < -0.4 is 0 Å². The van der Waals surface area contributed by atoms with Crippen molar-refractivity contribution in [3.63, 3.8) is 0 Å². The van der Waals surface area contributed by atoms with E-state index in [9.17, 15) is 0 Å². The van der Waals surface area contributed by atoms with Gasteiger partial charge in [0, 0.05) is 28.3 Å². The van der Waals surface area contributed by atoms with Crippen LogP contribution in [0.4, 0.5) is 0 Å². The second-order valence-electron chi connectivity index (χ2n) is 10.0. The van der Waals surface area contributed by atoms with Crippen molar-refractivity contribution in [1.29, 1.82) is 0 Å². The minimum absolute atomic E-state index is 0.587. The first kappa shape index (κ1) is 25.2. The topological polar surface area (TPSA) is 51.6 Å². The summed E-state index contributed by atoms with van der Waals surface area (Å²) in [6.07, 6.45) is 7.65. The number of rotatable bonds is 6. The van der Waals surface area contributed by atoms with E-state index < -0.39 is 0 Å². The SMILES string of the molecule is C=Cc1ccccc1/C=C/c1nc(-c2ccc(-c3cccc4cccnc34)cc2)nc(-c2ccc3ccccc3c2)n1. The maximum absolute atomic E-state index is 4.94. The molecule has 0 saturated heterocycles. The molecule has 0 bridgehead atoms. The van der Waals surface area contributed by atoms with E-state index >= 15 is 0 Å². The average Bonchev–Trinajstić information content (AvgIpc) is 3.07. The molecule has 0 spiro atoms. The third-order valence-corrected chi connectivity index (χ3v) is 7.38. The van der Waals surface area contributed by atoms with Gasteiger partial charge < -0.3 is 0 Å². The highest BCUT2D eigenvalue weighted by Gasteiger charge is 2.12. The zero-order valence-electron chi connectivity index (χ0n) is 22.9. The largest absolute Gasteiger partial charge is 0.256 e. The van der Waals surface area contributed by atoms with Crippen LogP contribution in [0.25, 0.3) is 73.8 Å². The first-order valence-corrected chi connectivity index (χ1v) is 13.8. The summed E-state index contributed by atoms with van der Waals surface area (Å²) in [5, 5.41) is 3.43. The van der Waals surface area contributed by atoms with E-state index in [1.54, 1.807) is 0 Å². The van der Waals surface area contributed by atoms with Crippen LogP contribution in [0, 0.1) is 0 Å². The number of aromatic nitrogens is 4. The highest BCUT2D eigenvalue weighted by atomic mass is 15.0. The lowest BCUT2D eigenvalue weighted by molar-refractivity contribution is 1.05. The van der Waals surface area contributed by atoms with Gasteiger partial charge in [-0.05, 0) is 45.7 Å². The minimum atomic E-state index is 0.587. The Morgan fingerprint density at radius 2 is 1.17 bits per heavy atom. The van der Waals surface area contributed by atoms with Gasteiger partial charge in [0.25, 0.3) is 0 Å². The van der Waals surface area contributed by atoms with Gasteiger partial charge in [-0.2, -0.15) is 0 Å². The molecule has 5 aromatic carbocycles. The second-order valence-corrected chi connectivity index (χ2v) is 10.0. The lowest BCUT2D eigenvalue weighted by Gasteiger charge is -2.09. The number of fused-ring (bicyclic) bond motifs is 2. The number of hydrogen-bond donors (Lipinski definition) is 0. The highest BCUT2D eigenvalue weighted by Crippen LogP contribution is 2.30. The molecule has 4 heteroatoms. The van der Waals surface area contributed by atoms with E-state index in [1.165, 1.54) is 5.39 Å². The van der Waals surface area contributed by atoms with Crippen LogP contribution >= 0.6 is 0 Å². The third-order valence-electron chi connectivity index (χ3n) is 7.38. The molecule has 0 aliphatic rings. The van der Waals surface area contributed by atoms with Gasteiger partial charge in [-0.15, -0.1) is 0 Å². The molecule has 0 aliphatic carbocycles.